The highest BCUT2D eigenvalue weighted by atomic mass is 31.3. The zero-order valence-electron chi connectivity index (χ0n) is 18.4. The normalized spacial score (nSPS) is 11.7. The average Bonchev–Trinajstić information content (AvgIpc) is 2.47. The van der Waals surface area contributed by atoms with Gasteiger partial charge in [-0.1, -0.05) is 11.8 Å². The summed E-state index contributed by atoms with van der Waals surface area (Å²) < 4.78 is 51.1. The summed E-state index contributed by atoms with van der Waals surface area (Å²) in [5.41, 5.74) is 0. The van der Waals surface area contributed by atoms with Gasteiger partial charge in [-0.15, -0.1) is 0 Å². The van der Waals surface area contributed by atoms with Gasteiger partial charge in [-0.2, -0.15) is 4.31 Å². The van der Waals surface area contributed by atoms with Gasteiger partial charge in [-0.25, -0.2) is 9.13 Å². The molecule has 0 unspecified atom stereocenters. The summed E-state index contributed by atoms with van der Waals surface area (Å²) in [5.74, 6) is 9.24. The highest BCUT2D eigenvalue weighted by Gasteiger charge is 2.43. The van der Waals surface area contributed by atoms with Crippen LogP contribution in [0.4, 0.5) is 0 Å². The zero-order valence-corrected chi connectivity index (χ0v) is 20.2. The van der Waals surface area contributed by atoms with Crippen molar-refractivity contribution < 1.29 is 41.7 Å². The molecule has 0 aromatic heterocycles. The SMILES string of the molecule is CC(C)OP(=O)(OC(C)C)OP(=O)(OC(C)C)OC(C)C.OCC#CC#CCO. The van der Waals surface area contributed by atoms with Crippen LogP contribution in [0.2, 0.25) is 0 Å². The molecule has 0 saturated heterocycles. The van der Waals surface area contributed by atoms with Gasteiger partial charge in [-0.05, 0) is 67.2 Å². The predicted octanol–water partition coefficient (Wildman–Crippen LogP) is 3.90. The molecule has 0 bridgehead atoms. The van der Waals surface area contributed by atoms with Crippen LogP contribution >= 0.6 is 15.6 Å². The smallest absolute Gasteiger partial charge is 0.384 e. The number of phosphoric acid groups is 2. The summed E-state index contributed by atoms with van der Waals surface area (Å²) in [7, 11) is -8.16. The molecule has 0 aliphatic heterocycles. The highest BCUT2D eigenvalue weighted by molar-refractivity contribution is 7.62. The van der Waals surface area contributed by atoms with Crippen LogP contribution in [-0.2, 0) is 31.5 Å². The van der Waals surface area contributed by atoms with Crippen LogP contribution in [0.25, 0.3) is 0 Å². The third-order valence-corrected chi connectivity index (χ3v) is 6.28. The van der Waals surface area contributed by atoms with Crippen molar-refractivity contribution in [3.05, 3.63) is 0 Å². The molecular formula is C18H34O9P2. The maximum absolute atomic E-state index is 12.6. The summed E-state index contributed by atoms with van der Waals surface area (Å²) >= 11 is 0. The zero-order chi connectivity index (χ0) is 23.1. The van der Waals surface area contributed by atoms with E-state index in [2.05, 4.69) is 23.7 Å². The second-order valence-electron chi connectivity index (χ2n) is 6.51. The number of phosphoric ester groups is 2. The number of aliphatic hydroxyl groups excluding tert-OH is 2. The standard InChI is InChI=1S/C12H28O7P2.C6H6O2/c1-9(2)15-20(13,16-10(3)4)19-21(14,17-11(5)6)18-12(7)8;7-5-3-1-2-4-6-8/h9-12H,1-8H3;7-8H,5-6H2. The van der Waals surface area contributed by atoms with E-state index >= 15 is 0 Å². The lowest BCUT2D eigenvalue weighted by Gasteiger charge is -2.27. The number of aliphatic hydroxyl groups is 2. The Morgan fingerprint density at radius 2 is 0.862 bits per heavy atom. The van der Waals surface area contributed by atoms with E-state index in [1.165, 1.54) is 0 Å². The molecule has 0 saturated carbocycles. The molecule has 0 rings (SSSR count). The van der Waals surface area contributed by atoms with E-state index in [0.29, 0.717) is 0 Å². The Morgan fingerprint density at radius 1 is 0.621 bits per heavy atom. The van der Waals surface area contributed by atoms with E-state index in [1.54, 1.807) is 55.4 Å². The lowest BCUT2D eigenvalue weighted by atomic mass is 10.5. The maximum atomic E-state index is 12.6. The van der Waals surface area contributed by atoms with Crippen LogP contribution in [0, 0.1) is 23.7 Å². The van der Waals surface area contributed by atoms with Crippen molar-refractivity contribution in [3.63, 3.8) is 0 Å². The Labute approximate surface area is 174 Å². The number of hydrogen-bond donors (Lipinski definition) is 2. The average molecular weight is 456 g/mol. The van der Waals surface area contributed by atoms with E-state index in [0.717, 1.165) is 0 Å². The van der Waals surface area contributed by atoms with Gasteiger partial charge in [0.15, 0.2) is 0 Å². The Morgan fingerprint density at radius 3 is 1.03 bits per heavy atom. The van der Waals surface area contributed by atoms with Gasteiger partial charge in [0.25, 0.3) is 0 Å². The molecular weight excluding hydrogens is 422 g/mol. The van der Waals surface area contributed by atoms with E-state index in [9.17, 15) is 9.13 Å². The lowest BCUT2D eigenvalue weighted by Crippen LogP contribution is -2.14. The monoisotopic (exact) mass is 456 g/mol. The molecule has 170 valence electrons. The van der Waals surface area contributed by atoms with Crippen molar-refractivity contribution in [1.82, 2.24) is 0 Å². The molecule has 29 heavy (non-hydrogen) atoms. The van der Waals surface area contributed by atoms with Gasteiger partial charge in [0.2, 0.25) is 0 Å². The van der Waals surface area contributed by atoms with E-state index in [-0.39, 0.29) is 13.2 Å². The van der Waals surface area contributed by atoms with Crippen LogP contribution in [0.5, 0.6) is 0 Å². The second kappa shape index (κ2) is 16.1. The molecule has 0 radical (unpaired) electrons. The van der Waals surface area contributed by atoms with Crippen LogP contribution in [-0.4, -0.2) is 47.8 Å². The summed E-state index contributed by atoms with van der Waals surface area (Å²) in [5, 5.41) is 16.1. The fourth-order valence-electron chi connectivity index (χ4n) is 1.45. The van der Waals surface area contributed by atoms with Crippen molar-refractivity contribution >= 4 is 15.6 Å². The van der Waals surface area contributed by atoms with Crippen LogP contribution < -0.4 is 0 Å². The molecule has 0 spiro atoms. The third-order valence-electron chi connectivity index (χ3n) is 1.96. The molecule has 9 nitrogen and oxygen atoms in total. The molecule has 0 amide bonds. The fourth-order valence-corrected chi connectivity index (χ4v) is 5.21. The molecule has 0 aliphatic rings. The first-order valence-electron chi connectivity index (χ1n) is 9.11. The minimum atomic E-state index is -4.08. The Kier molecular flexibility index (Phi) is 16.9. The number of hydrogen-bond acceptors (Lipinski definition) is 9. The van der Waals surface area contributed by atoms with E-state index in [4.69, 9.17) is 32.6 Å². The molecule has 11 heteroatoms. The molecule has 2 N–H and O–H groups in total. The minimum absolute atomic E-state index is 0.180. The Balaban J connectivity index is 0. The van der Waals surface area contributed by atoms with Gasteiger partial charge < -0.3 is 10.2 Å². The van der Waals surface area contributed by atoms with Crippen molar-refractivity contribution in [2.24, 2.45) is 0 Å². The first-order chi connectivity index (χ1) is 13.3. The van der Waals surface area contributed by atoms with Crippen molar-refractivity contribution in [1.29, 1.82) is 0 Å². The lowest BCUT2D eigenvalue weighted by molar-refractivity contribution is 0.0629. The second-order valence-corrected chi connectivity index (χ2v) is 9.80. The van der Waals surface area contributed by atoms with Gasteiger partial charge in [0.05, 0.1) is 24.4 Å². The summed E-state index contributed by atoms with van der Waals surface area (Å²) in [4.78, 5) is 0. The van der Waals surface area contributed by atoms with E-state index in [1.807, 2.05) is 0 Å². The predicted molar refractivity (Wildman–Crippen MR) is 111 cm³/mol. The van der Waals surface area contributed by atoms with Gasteiger partial charge in [-0.3, -0.25) is 18.1 Å². The largest absolute Gasteiger partial charge is 0.484 e. The molecule has 0 aliphatic carbocycles. The maximum Gasteiger partial charge on any atom is 0.484 e. The first kappa shape index (κ1) is 30.5. The third kappa shape index (κ3) is 19.0. The molecule has 0 aromatic rings. The van der Waals surface area contributed by atoms with Crippen LogP contribution in [0.3, 0.4) is 0 Å². The minimum Gasteiger partial charge on any atom is -0.384 e. The van der Waals surface area contributed by atoms with Crippen LogP contribution in [0.1, 0.15) is 55.4 Å². The highest BCUT2D eigenvalue weighted by Crippen LogP contribution is 2.67. The summed E-state index contributed by atoms with van der Waals surface area (Å²) in [6.07, 6.45) is -1.77. The van der Waals surface area contributed by atoms with E-state index < -0.39 is 40.1 Å². The Hall–Kier alpha value is -0.700. The van der Waals surface area contributed by atoms with Gasteiger partial charge >= 0.3 is 15.6 Å². The fraction of sp³-hybridized carbons (Fsp3) is 0.778. The van der Waals surface area contributed by atoms with Crippen molar-refractivity contribution in [2.75, 3.05) is 13.2 Å². The molecule has 0 fully saturated rings. The topological polar surface area (TPSA) is 121 Å². The molecule has 0 aromatic carbocycles. The van der Waals surface area contributed by atoms with Gasteiger partial charge in [0, 0.05) is 0 Å². The van der Waals surface area contributed by atoms with Crippen LogP contribution in [0.15, 0.2) is 0 Å². The quantitative estimate of drug-likeness (QED) is 0.372. The summed E-state index contributed by atoms with van der Waals surface area (Å²) in [6.45, 7) is 13.0. The Bertz CT molecular complexity index is 568. The first-order valence-corrected chi connectivity index (χ1v) is 12.0. The number of rotatable bonds is 10. The van der Waals surface area contributed by atoms with Crippen molar-refractivity contribution in [2.45, 2.75) is 79.8 Å². The van der Waals surface area contributed by atoms with Gasteiger partial charge in [0.1, 0.15) is 13.2 Å². The molecule has 0 heterocycles. The summed E-state index contributed by atoms with van der Waals surface area (Å²) in [6, 6.07) is 0. The molecule has 0 atom stereocenters. The van der Waals surface area contributed by atoms with Crippen molar-refractivity contribution in [3.8, 4) is 23.7 Å².